The molecular weight excluding hydrogens is 687 g/mol. The number of fused-ring (bicyclic) bond motifs is 6. The van der Waals surface area contributed by atoms with E-state index in [1.54, 1.807) is 0 Å². The summed E-state index contributed by atoms with van der Waals surface area (Å²) in [6.45, 7) is 0. The number of hydrogen-bond acceptors (Lipinski definition) is 5. The summed E-state index contributed by atoms with van der Waals surface area (Å²) in [6.07, 6.45) is 0. The number of para-hydroxylation sites is 1. The van der Waals surface area contributed by atoms with E-state index in [0.717, 1.165) is 82.8 Å². The van der Waals surface area contributed by atoms with Gasteiger partial charge in [-0.25, -0.2) is 15.0 Å². The highest BCUT2D eigenvalue weighted by molar-refractivity contribution is 6.13. The molecule has 3 heterocycles. The minimum Gasteiger partial charge on any atom is -0.456 e. The van der Waals surface area contributed by atoms with Gasteiger partial charge in [-0.3, -0.25) is 0 Å². The molecule has 5 nitrogen and oxygen atoms in total. The number of hydrogen-bond donors (Lipinski definition) is 0. The zero-order valence-corrected chi connectivity index (χ0v) is 30.1. The molecule has 0 saturated carbocycles. The Kier molecular flexibility index (Phi) is 7.42. The fourth-order valence-corrected chi connectivity index (χ4v) is 7.77. The van der Waals surface area contributed by atoms with E-state index in [1.807, 2.05) is 72.8 Å². The molecule has 0 fully saturated rings. The van der Waals surface area contributed by atoms with Gasteiger partial charge in [-0.05, 0) is 81.9 Å². The first-order valence-corrected chi connectivity index (χ1v) is 18.7. The minimum absolute atomic E-state index is 0.602. The fourth-order valence-electron chi connectivity index (χ4n) is 7.77. The van der Waals surface area contributed by atoms with Gasteiger partial charge in [0.05, 0.1) is 0 Å². The Morgan fingerprint density at radius 3 is 1.50 bits per heavy atom. The molecule has 0 atom stereocenters. The monoisotopic (exact) mass is 717 g/mol. The maximum atomic E-state index is 6.41. The average Bonchev–Trinajstić information content (AvgIpc) is 3.85. The molecule has 0 bridgehead atoms. The number of rotatable bonds is 6. The van der Waals surface area contributed by atoms with E-state index in [0.29, 0.717) is 17.5 Å². The Labute approximate surface area is 322 Å². The Morgan fingerprint density at radius 1 is 0.268 bits per heavy atom. The smallest absolute Gasteiger partial charge is 0.164 e. The van der Waals surface area contributed by atoms with Crippen molar-refractivity contribution in [3.8, 4) is 67.5 Å². The number of benzene rings is 8. The van der Waals surface area contributed by atoms with Crippen molar-refractivity contribution in [2.75, 3.05) is 0 Å². The molecule has 11 aromatic rings. The van der Waals surface area contributed by atoms with E-state index in [-0.39, 0.29) is 0 Å². The van der Waals surface area contributed by atoms with Crippen LogP contribution in [0.1, 0.15) is 0 Å². The van der Waals surface area contributed by atoms with Crippen molar-refractivity contribution in [1.29, 1.82) is 0 Å². The normalized spacial score (nSPS) is 11.6. The quantitative estimate of drug-likeness (QED) is 0.171. The Bertz CT molecular complexity index is 3240. The lowest BCUT2D eigenvalue weighted by Crippen LogP contribution is -2.00. The van der Waals surface area contributed by atoms with Gasteiger partial charge in [0.2, 0.25) is 0 Å². The molecule has 11 rings (SSSR count). The predicted octanol–water partition coefficient (Wildman–Crippen LogP) is 13.7. The first-order chi connectivity index (χ1) is 27.7. The molecule has 0 N–H and O–H groups in total. The Morgan fingerprint density at radius 2 is 0.732 bits per heavy atom. The zero-order chi connectivity index (χ0) is 37.0. The van der Waals surface area contributed by atoms with Crippen LogP contribution in [-0.4, -0.2) is 15.0 Å². The summed E-state index contributed by atoms with van der Waals surface area (Å²) in [5.74, 6) is 1.82. The van der Waals surface area contributed by atoms with Gasteiger partial charge in [0.15, 0.2) is 17.5 Å². The van der Waals surface area contributed by atoms with Gasteiger partial charge in [-0.2, -0.15) is 0 Å². The van der Waals surface area contributed by atoms with Gasteiger partial charge >= 0.3 is 0 Å². The van der Waals surface area contributed by atoms with Gasteiger partial charge in [-0.1, -0.05) is 140 Å². The molecule has 0 aliphatic heterocycles. The van der Waals surface area contributed by atoms with Crippen LogP contribution in [0.5, 0.6) is 0 Å². The van der Waals surface area contributed by atoms with Crippen LogP contribution >= 0.6 is 0 Å². The molecule has 262 valence electrons. The summed E-state index contributed by atoms with van der Waals surface area (Å²) < 4.78 is 12.5. The highest BCUT2D eigenvalue weighted by Crippen LogP contribution is 2.40. The van der Waals surface area contributed by atoms with Crippen molar-refractivity contribution in [2.24, 2.45) is 0 Å². The molecule has 5 heteroatoms. The van der Waals surface area contributed by atoms with E-state index in [1.165, 1.54) is 11.1 Å². The maximum Gasteiger partial charge on any atom is 0.164 e. The maximum absolute atomic E-state index is 6.41. The van der Waals surface area contributed by atoms with Crippen LogP contribution in [0.2, 0.25) is 0 Å². The highest BCUT2D eigenvalue weighted by atomic mass is 16.3. The summed E-state index contributed by atoms with van der Waals surface area (Å²) in [5.41, 5.74) is 13.0. The van der Waals surface area contributed by atoms with Gasteiger partial charge in [-0.15, -0.1) is 0 Å². The molecule has 8 aromatic carbocycles. The van der Waals surface area contributed by atoms with Crippen molar-refractivity contribution in [2.45, 2.75) is 0 Å². The topological polar surface area (TPSA) is 65.0 Å². The molecule has 56 heavy (non-hydrogen) atoms. The summed E-state index contributed by atoms with van der Waals surface area (Å²) in [7, 11) is 0. The lowest BCUT2D eigenvalue weighted by molar-refractivity contribution is 0.668. The third kappa shape index (κ3) is 5.53. The van der Waals surface area contributed by atoms with E-state index < -0.39 is 0 Å². The summed E-state index contributed by atoms with van der Waals surface area (Å²) in [4.78, 5) is 15.0. The van der Waals surface area contributed by atoms with Crippen molar-refractivity contribution < 1.29 is 8.83 Å². The summed E-state index contributed by atoms with van der Waals surface area (Å²) in [5, 5.41) is 4.26. The molecular formula is C51H31N3O2. The molecule has 0 unspecified atom stereocenters. The summed E-state index contributed by atoms with van der Waals surface area (Å²) >= 11 is 0. The van der Waals surface area contributed by atoms with Gasteiger partial charge in [0, 0.05) is 38.2 Å². The number of nitrogens with zero attached hydrogens (tertiary/aromatic N) is 3. The third-order valence-electron chi connectivity index (χ3n) is 10.6. The second-order valence-electron chi connectivity index (χ2n) is 14.0. The van der Waals surface area contributed by atoms with E-state index in [2.05, 4.69) is 115 Å². The Balaban J connectivity index is 0.994. The highest BCUT2D eigenvalue weighted by Gasteiger charge is 2.17. The van der Waals surface area contributed by atoms with Crippen LogP contribution < -0.4 is 0 Å². The van der Waals surface area contributed by atoms with E-state index in [4.69, 9.17) is 23.8 Å². The van der Waals surface area contributed by atoms with Crippen LogP contribution in [-0.2, 0) is 0 Å². The van der Waals surface area contributed by atoms with Crippen LogP contribution in [0.25, 0.3) is 111 Å². The first kappa shape index (κ1) is 31.9. The molecule has 0 aliphatic rings. The van der Waals surface area contributed by atoms with E-state index in [9.17, 15) is 0 Å². The standard InChI is InChI=1S/C51H31N3O2/c1-3-11-32(12-4-1)36-15-9-16-37(29-36)38-25-27-46-43(30-38)48-40(18-10-20-47(48)56-46)33-21-23-35(24-22-33)50-52-49(34-13-5-2-6-14-34)53-51(54-50)39-26-28-45-42(31-39)41-17-7-8-19-44(41)55-45/h1-31H. The largest absolute Gasteiger partial charge is 0.456 e. The van der Waals surface area contributed by atoms with Gasteiger partial charge < -0.3 is 8.83 Å². The average molecular weight is 718 g/mol. The van der Waals surface area contributed by atoms with Crippen molar-refractivity contribution >= 4 is 43.9 Å². The first-order valence-electron chi connectivity index (χ1n) is 18.7. The Hall–Kier alpha value is -7.63. The molecule has 0 aliphatic carbocycles. The number of aromatic nitrogens is 3. The van der Waals surface area contributed by atoms with Crippen LogP contribution in [0.4, 0.5) is 0 Å². The second-order valence-corrected chi connectivity index (χ2v) is 14.0. The van der Waals surface area contributed by atoms with Crippen molar-refractivity contribution in [1.82, 2.24) is 15.0 Å². The molecule has 0 saturated heterocycles. The lowest BCUT2D eigenvalue weighted by atomic mass is 9.95. The fraction of sp³-hybridized carbons (Fsp3) is 0. The van der Waals surface area contributed by atoms with Crippen molar-refractivity contribution in [3.63, 3.8) is 0 Å². The molecule has 0 amide bonds. The van der Waals surface area contributed by atoms with E-state index >= 15 is 0 Å². The SMILES string of the molecule is c1ccc(-c2cccc(-c3ccc4oc5cccc(-c6ccc(-c7nc(-c8ccccc8)nc(-c8ccc9oc%10ccccc%10c9c8)n7)cc6)c5c4c3)c2)cc1. The minimum atomic E-state index is 0.602. The lowest BCUT2D eigenvalue weighted by Gasteiger charge is -2.10. The molecule has 0 spiro atoms. The van der Waals surface area contributed by atoms with Gasteiger partial charge in [0.1, 0.15) is 22.3 Å². The summed E-state index contributed by atoms with van der Waals surface area (Å²) in [6, 6.07) is 64.7. The van der Waals surface area contributed by atoms with Crippen LogP contribution in [0.15, 0.2) is 197 Å². The van der Waals surface area contributed by atoms with Gasteiger partial charge in [0.25, 0.3) is 0 Å². The zero-order valence-electron chi connectivity index (χ0n) is 30.1. The second kappa shape index (κ2) is 13.0. The number of furan rings is 2. The van der Waals surface area contributed by atoms with Crippen LogP contribution in [0, 0.1) is 0 Å². The van der Waals surface area contributed by atoms with Crippen molar-refractivity contribution in [3.05, 3.63) is 188 Å². The predicted molar refractivity (Wildman–Crippen MR) is 227 cm³/mol. The van der Waals surface area contributed by atoms with Crippen LogP contribution in [0.3, 0.4) is 0 Å². The molecule has 3 aromatic heterocycles. The third-order valence-corrected chi connectivity index (χ3v) is 10.6. The molecule has 0 radical (unpaired) electrons.